The van der Waals surface area contributed by atoms with Crippen molar-refractivity contribution >= 4 is 5.91 Å². The van der Waals surface area contributed by atoms with Gasteiger partial charge < -0.3 is 14.2 Å². The van der Waals surface area contributed by atoms with Gasteiger partial charge in [-0.15, -0.1) is 0 Å². The lowest BCUT2D eigenvalue weighted by Gasteiger charge is -2.39. The summed E-state index contributed by atoms with van der Waals surface area (Å²) >= 11 is 0. The predicted molar refractivity (Wildman–Crippen MR) is 119 cm³/mol. The van der Waals surface area contributed by atoms with E-state index in [1.807, 2.05) is 6.92 Å². The highest BCUT2D eigenvalue weighted by Gasteiger charge is 2.32. The topological polar surface area (TPSA) is 97.5 Å². The molecule has 0 bridgehead atoms. The smallest absolute Gasteiger partial charge is 0.237 e. The fourth-order valence-corrected chi connectivity index (χ4v) is 4.83. The van der Waals surface area contributed by atoms with Crippen molar-refractivity contribution in [2.75, 3.05) is 26.2 Å². The van der Waals surface area contributed by atoms with Crippen molar-refractivity contribution in [3.05, 3.63) is 24.1 Å². The van der Waals surface area contributed by atoms with Gasteiger partial charge in [0.25, 0.3) is 0 Å². The predicted octanol–water partition coefficient (Wildman–Crippen LogP) is 3.03. The molecule has 0 spiro atoms. The number of carbonyl (C=O) groups excluding carboxylic acids is 1. The second kappa shape index (κ2) is 10.5. The Kier molecular flexibility index (Phi) is 7.47. The molecule has 0 unspecified atom stereocenters. The van der Waals surface area contributed by atoms with Crippen LogP contribution < -0.4 is 0 Å². The van der Waals surface area contributed by atoms with E-state index < -0.39 is 0 Å². The Labute approximate surface area is 189 Å². The third-order valence-corrected chi connectivity index (χ3v) is 6.38. The molecular weight excluding hydrogens is 408 g/mol. The number of rotatable bonds is 7. The third-order valence-electron chi connectivity index (χ3n) is 6.38. The van der Waals surface area contributed by atoms with Gasteiger partial charge in [0.2, 0.25) is 17.6 Å². The molecule has 9 nitrogen and oxygen atoms in total. The van der Waals surface area contributed by atoms with E-state index in [-0.39, 0.29) is 18.1 Å². The molecule has 1 saturated carbocycles. The third kappa shape index (κ3) is 5.15. The molecule has 2 aromatic heterocycles. The second-order valence-electron chi connectivity index (χ2n) is 8.97. The molecule has 2 aromatic rings. The zero-order chi connectivity index (χ0) is 22.5. The summed E-state index contributed by atoms with van der Waals surface area (Å²) in [7, 11) is 0. The number of amides is 1. The SMILES string of the molecule is CCc1nc(-c2cncnc2[C@@H]2CN(CC(=O)N(C(C)C)C3CCCCC3)CCO2)no1. The molecule has 1 aliphatic heterocycles. The molecule has 9 heteroatoms. The lowest BCUT2D eigenvalue weighted by Crippen LogP contribution is -2.51. The molecule has 32 heavy (non-hydrogen) atoms. The number of ether oxygens (including phenoxy) is 1. The Morgan fingerprint density at radius 3 is 2.81 bits per heavy atom. The van der Waals surface area contributed by atoms with Crippen LogP contribution in [0.5, 0.6) is 0 Å². The molecule has 1 atom stereocenters. The van der Waals surface area contributed by atoms with Crippen LogP contribution in [0.2, 0.25) is 0 Å². The van der Waals surface area contributed by atoms with Gasteiger partial charge in [-0.3, -0.25) is 9.69 Å². The van der Waals surface area contributed by atoms with Gasteiger partial charge >= 0.3 is 0 Å². The maximum absolute atomic E-state index is 13.3. The molecule has 3 heterocycles. The Morgan fingerprint density at radius 2 is 2.09 bits per heavy atom. The summed E-state index contributed by atoms with van der Waals surface area (Å²) in [6, 6.07) is 0.578. The Balaban J connectivity index is 1.46. The van der Waals surface area contributed by atoms with Crippen LogP contribution in [0.1, 0.15) is 70.6 Å². The highest BCUT2D eigenvalue weighted by atomic mass is 16.5. The van der Waals surface area contributed by atoms with Crippen LogP contribution >= 0.6 is 0 Å². The molecule has 4 rings (SSSR count). The van der Waals surface area contributed by atoms with Gasteiger partial charge in [0, 0.05) is 37.8 Å². The van der Waals surface area contributed by atoms with Crippen LogP contribution in [0.3, 0.4) is 0 Å². The second-order valence-corrected chi connectivity index (χ2v) is 8.97. The van der Waals surface area contributed by atoms with Gasteiger partial charge in [-0.25, -0.2) is 9.97 Å². The standard InChI is InChI=1S/C23H34N6O3/c1-4-20-26-23(27-32-20)18-12-24-15-25-22(18)19-13-28(10-11-31-19)14-21(30)29(16(2)3)17-8-6-5-7-9-17/h12,15-17,19H,4-11,13-14H2,1-3H3/t19-/m0/s1. The zero-order valence-electron chi connectivity index (χ0n) is 19.4. The summed E-state index contributed by atoms with van der Waals surface area (Å²) in [5, 5.41) is 4.08. The fraction of sp³-hybridized carbons (Fsp3) is 0.696. The van der Waals surface area contributed by atoms with Gasteiger partial charge in [-0.05, 0) is 26.7 Å². The van der Waals surface area contributed by atoms with Crippen LogP contribution in [-0.2, 0) is 16.0 Å². The van der Waals surface area contributed by atoms with Gasteiger partial charge in [-0.1, -0.05) is 31.3 Å². The van der Waals surface area contributed by atoms with Gasteiger partial charge in [-0.2, -0.15) is 4.98 Å². The van der Waals surface area contributed by atoms with Crippen molar-refractivity contribution in [3.8, 4) is 11.4 Å². The first-order chi connectivity index (χ1) is 15.6. The summed E-state index contributed by atoms with van der Waals surface area (Å²) in [5.74, 6) is 1.25. The van der Waals surface area contributed by atoms with Crippen LogP contribution in [0.4, 0.5) is 0 Å². The number of hydrogen-bond donors (Lipinski definition) is 0. The number of aromatic nitrogens is 4. The van der Waals surface area contributed by atoms with Crippen molar-refractivity contribution in [3.63, 3.8) is 0 Å². The Morgan fingerprint density at radius 1 is 1.28 bits per heavy atom. The van der Waals surface area contributed by atoms with Crippen LogP contribution in [-0.4, -0.2) is 74.1 Å². The zero-order valence-corrected chi connectivity index (χ0v) is 19.4. The molecule has 2 fully saturated rings. The quantitative estimate of drug-likeness (QED) is 0.645. The molecule has 1 aliphatic carbocycles. The van der Waals surface area contributed by atoms with E-state index in [1.54, 1.807) is 6.20 Å². The summed E-state index contributed by atoms with van der Waals surface area (Å²) in [4.78, 5) is 30.7. The number of morpholine rings is 1. The summed E-state index contributed by atoms with van der Waals surface area (Å²) in [6.07, 6.45) is 9.54. The highest BCUT2D eigenvalue weighted by Crippen LogP contribution is 2.29. The van der Waals surface area contributed by atoms with Gasteiger partial charge in [0.05, 0.1) is 24.4 Å². The molecule has 0 aromatic carbocycles. The first-order valence-corrected chi connectivity index (χ1v) is 11.8. The molecule has 2 aliphatic rings. The van der Waals surface area contributed by atoms with Crippen molar-refractivity contribution in [1.29, 1.82) is 0 Å². The first kappa shape index (κ1) is 22.8. The van der Waals surface area contributed by atoms with Crippen LogP contribution in [0, 0.1) is 0 Å². The number of aryl methyl sites for hydroxylation is 1. The van der Waals surface area contributed by atoms with Crippen molar-refractivity contribution in [2.24, 2.45) is 0 Å². The van der Waals surface area contributed by atoms with Gasteiger partial charge in [0.1, 0.15) is 12.4 Å². The van der Waals surface area contributed by atoms with E-state index >= 15 is 0 Å². The first-order valence-electron chi connectivity index (χ1n) is 11.8. The minimum absolute atomic E-state index is 0.209. The highest BCUT2D eigenvalue weighted by molar-refractivity contribution is 5.79. The maximum atomic E-state index is 13.3. The average molecular weight is 443 g/mol. The Bertz CT molecular complexity index is 895. The number of nitrogens with zero attached hydrogens (tertiary/aromatic N) is 6. The Hall–Kier alpha value is -2.39. The van der Waals surface area contributed by atoms with Gasteiger partial charge in [0.15, 0.2) is 0 Å². The minimum atomic E-state index is -0.277. The number of hydrogen-bond acceptors (Lipinski definition) is 8. The van der Waals surface area contributed by atoms with E-state index in [2.05, 4.69) is 43.8 Å². The van der Waals surface area contributed by atoms with Crippen molar-refractivity contribution in [2.45, 2.75) is 77.5 Å². The van der Waals surface area contributed by atoms with E-state index in [0.717, 1.165) is 25.1 Å². The molecular formula is C23H34N6O3. The van der Waals surface area contributed by atoms with Crippen LogP contribution in [0.15, 0.2) is 17.0 Å². The fourth-order valence-electron chi connectivity index (χ4n) is 4.83. The van der Waals surface area contributed by atoms with E-state index in [4.69, 9.17) is 9.26 Å². The summed E-state index contributed by atoms with van der Waals surface area (Å²) < 4.78 is 11.3. The molecule has 0 N–H and O–H groups in total. The normalized spacial score (nSPS) is 20.6. The van der Waals surface area contributed by atoms with E-state index in [1.165, 1.54) is 25.6 Å². The lowest BCUT2D eigenvalue weighted by molar-refractivity contribution is -0.139. The van der Waals surface area contributed by atoms with Crippen molar-refractivity contribution < 1.29 is 14.1 Å². The summed E-state index contributed by atoms with van der Waals surface area (Å²) in [6.45, 7) is 8.46. The van der Waals surface area contributed by atoms with E-state index in [9.17, 15) is 4.79 Å². The van der Waals surface area contributed by atoms with Crippen LogP contribution in [0.25, 0.3) is 11.4 Å². The van der Waals surface area contributed by atoms with E-state index in [0.29, 0.717) is 49.4 Å². The molecule has 0 radical (unpaired) electrons. The summed E-state index contributed by atoms with van der Waals surface area (Å²) in [5.41, 5.74) is 1.44. The number of carbonyl (C=O) groups is 1. The molecule has 1 amide bonds. The largest absolute Gasteiger partial charge is 0.369 e. The maximum Gasteiger partial charge on any atom is 0.237 e. The average Bonchev–Trinajstić information content (AvgIpc) is 3.29. The lowest BCUT2D eigenvalue weighted by atomic mass is 9.93. The molecule has 1 saturated heterocycles. The minimum Gasteiger partial charge on any atom is -0.369 e. The monoisotopic (exact) mass is 442 g/mol. The van der Waals surface area contributed by atoms with Crippen molar-refractivity contribution in [1.82, 2.24) is 29.9 Å². The molecule has 174 valence electrons.